The quantitative estimate of drug-likeness (QED) is 0.165. The molecule has 4 nitrogen and oxygen atoms in total. The zero-order chi connectivity index (χ0) is 44.4. The van der Waals surface area contributed by atoms with Crippen LogP contribution in [0.5, 0.6) is 0 Å². The molecule has 0 saturated heterocycles. The summed E-state index contributed by atoms with van der Waals surface area (Å²) in [4.78, 5) is 15.3. The number of rotatable bonds is 7. The van der Waals surface area contributed by atoms with Gasteiger partial charge in [-0.25, -0.2) is 4.98 Å². The van der Waals surface area contributed by atoms with Gasteiger partial charge in [-0.2, -0.15) is 9.97 Å². The summed E-state index contributed by atoms with van der Waals surface area (Å²) in [7, 11) is 0. The van der Waals surface area contributed by atoms with E-state index in [1.165, 1.54) is 4.57 Å². The number of fused-ring (bicyclic) bond motifs is 3. The minimum atomic E-state index is -0.552. The van der Waals surface area contributed by atoms with Crippen LogP contribution in [0.15, 0.2) is 206 Å². The lowest BCUT2D eigenvalue weighted by atomic mass is 9.96. The first kappa shape index (κ1) is 24.0. The van der Waals surface area contributed by atoms with Gasteiger partial charge in [0.1, 0.15) is 0 Å². The molecule has 0 fully saturated rings. The van der Waals surface area contributed by atoms with Crippen molar-refractivity contribution >= 4 is 21.8 Å². The number of para-hydroxylation sites is 2. The monoisotopic (exact) mass is 711 g/mol. The highest BCUT2D eigenvalue weighted by atomic mass is 15.2. The van der Waals surface area contributed by atoms with E-state index < -0.39 is 42.3 Å². The number of hydrogen-bond donors (Lipinski definition) is 0. The van der Waals surface area contributed by atoms with E-state index in [1.807, 2.05) is 127 Å². The van der Waals surface area contributed by atoms with Crippen LogP contribution in [0, 0.1) is 0 Å². The van der Waals surface area contributed by atoms with Crippen LogP contribution in [0.1, 0.15) is 12.3 Å². The van der Waals surface area contributed by atoms with Gasteiger partial charge in [0.25, 0.3) is 0 Å². The van der Waals surface area contributed by atoms with Crippen molar-refractivity contribution in [3.8, 4) is 73.2 Å². The largest absolute Gasteiger partial charge is 0.277 e. The normalized spacial score (nSPS) is 13.6. The molecule has 0 atom stereocenters. The Morgan fingerprint density at radius 2 is 0.873 bits per heavy atom. The van der Waals surface area contributed by atoms with Crippen LogP contribution >= 0.6 is 0 Å². The van der Waals surface area contributed by atoms with E-state index in [-0.39, 0.29) is 57.2 Å². The molecule has 0 spiro atoms. The fourth-order valence-corrected chi connectivity index (χ4v) is 7.07. The summed E-state index contributed by atoms with van der Waals surface area (Å²) in [5, 5.41) is 0.503. The molecule has 0 aliphatic carbocycles. The van der Waals surface area contributed by atoms with Gasteiger partial charge in [0.05, 0.1) is 23.4 Å². The molecule has 10 aromatic rings. The topological polar surface area (TPSA) is 43.6 Å². The van der Waals surface area contributed by atoms with Crippen LogP contribution in [0.3, 0.4) is 0 Å². The molecule has 8 aromatic carbocycles. The highest BCUT2D eigenvalue weighted by molar-refractivity contribution is 6.13. The van der Waals surface area contributed by atoms with Crippen molar-refractivity contribution in [1.29, 1.82) is 0 Å². The van der Waals surface area contributed by atoms with Crippen LogP contribution in [0.4, 0.5) is 0 Å². The molecule has 0 aliphatic heterocycles. The molecular formula is C51H34N4. The lowest BCUT2D eigenvalue weighted by Gasteiger charge is -2.14. The number of benzene rings is 8. The van der Waals surface area contributed by atoms with E-state index >= 15 is 0 Å². The Balaban J connectivity index is 1.33. The second-order valence-corrected chi connectivity index (χ2v) is 13.0. The molecule has 0 amide bonds. The molecule has 4 heteroatoms. The van der Waals surface area contributed by atoms with E-state index in [4.69, 9.17) is 24.5 Å². The number of aromatic nitrogens is 4. The van der Waals surface area contributed by atoms with Crippen LogP contribution in [-0.4, -0.2) is 19.5 Å². The minimum Gasteiger partial charge on any atom is -0.277 e. The number of nitrogens with zero attached hydrogens (tertiary/aromatic N) is 4. The molecule has 0 aliphatic rings. The third kappa shape index (κ3) is 6.06. The third-order valence-electron chi connectivity index (χ3n) is 9.67. The highest BCUT2D eigenvalue weighted by Crippen LogP contribution is 2.39. The van der Waals surface area contributed by atoms with Crippen molar-refractivity contribution in [2.45, 2.75) is 0 Å². The van der Waals surface area contributed by atoms with Gasteiger partial charge in [-0.1, -0.05) is 182 Å². The second-order valence-electron chi connectivity index (χ2n) is 13.0. The Bertz CT molecular complexity index is 3380. The van der Waals surface area contributed by atoms with Crippen molar-refractivity contribution in [1.82, 2.24) is 19.5 Å². The first-order chi connectivity index (χ1) is 31.0. The fraction of sp³-hybridized carbons (Fsp3) is 0. The lowest BCUT2D eigenvalue weighted by Crippen LogP contribution is -2.07. The van der Waals surface area contributed by atoms with E-state index in [9.17, 15) is 2.74 Å². The first-order valence-electron chi connectivity index (χ1n) is 22.3. The van der Waals surface area contributed by atoms with Gasteiger partial charge in [-0.05, 0) is 63.2 Å². The van der Waals surface area contributed by atoms with E-state index in [1.54, 1.807) is 18.2 Å². The van der Waals surface area contributed by atoms with E-state index in [0.717, 1.165) is 33.4 Å². The van der Waals surface area contributed by atoms with Gasteiger partial charge in [-0.15, -0.1) is 0 Å². The van der Waals surface area contributed by atoms with E-state index in [2.05, 4.69) is 6.07 Å². The van der Waals surface area contributed by atoms with Gasteiger partial charge in [0.15, 0.2) is 11.6 Å². The SMILES string of the molecule is [2H]c1c([2H])c([2H])c(-c2cccc3c4c([2H])c([2H])c([2H])c([2H])c4n(-c4nc(-c5ccc(-c6ccccc6)cc5)nc(-c5cc(-c6ccccc6)cc(-c6ccccc6)c5)n4)c23)c([2H])c1[2H]. The Hall–Kier alpha value is -7.43. The minimum absolute atomic E-state index is 0.0108. The summed E-state index contributed by atoms with van der Waals surface area (Å²) >= 11 is 0. The molecule has 10 rings (SSSR count). The Kier molecular flexibility index (Phi) is 6.04. The van der Waals surface area contributed by atoms with Gasteiger partial charge < -0.3 is 0 Å². The molecule has 0 radical (unpaired) electrons. The summed E-state index contributed by atoms with van der Waals surface area (Å²) in [6.07, 6.45) is 0. The first-order valence-corrected chi connectivity index (χ1v) is 17.8. The maximum Gasteiger partial charge on any atom is 0.238 e. The average molecular weight is 712 g/mol. The summed E-state index contributed by atoms with van der Waals surface area (Å²) in [5.41, 5.74) is 7.38. The molecular weight excluding hydrogens is 669 g/mol. The summed E-state index contributed by atoms with van der Waals surface area (Å²) in [5.74, 6) is 0.517. The van der Waals surface area contributed by atoms with Crippen LogP contribution in [0.25, 0.3) is 95.0 Å². The zero-order valence-electron chi connectivity index (χ0n) is 38.2. The molecule has 0 saturated carbocycles. The van der Waals surface area contributed by atoms with Crippen molar-refractivity contribution < 1.29 is 12.3 Å². The smallest absolute Gasteiger partial charge is 0.238 e. The molecule has 55 heavy (non-hydrogen) atoms. The molecule has 2 aromatic heterocycles. The van der Waals surface area contributed by atoms with Crippen molar-refractivity contribution in [3.63, 3.8) is 0 Å². The van der Waals surface area contributed by atoms with Gasteiger partial charge in [0.2, 0.25) is 5.95 Å². The summed E-state index contributed by atoms with van der Waals surface area (Å²) in [6.45, 7) is 0. The van der Waals surface area contributed by atoms with Crippen LogP contribution < -0.4 is 0 Å². The molecule has 2 heterocycles. The van der Waals surface area contributed by atoms with Crippen molar-refractivity contribution in [2.75, 3.05) is 0 Å². The number of hydrogen-bond acceptors (Lipinski definition) is 3. The van der Waals surface area contributed by atoms with Crippen molar-refractivity contribution in [3.05, 3.63) is 206 Å². The predicted molar refractivity (Wildman–Crippen MR) is 227 cm³/mol. The van der Waals surface area contributed by atoms with Gasteiger partial charge in [0, 0.05) is 27.5 Å². The average Bonchev–Trinajstić information content (AvgIpc) is 3.71. The predicted octanol–water partition coefficient (Wildman–Crippen LogP) is 13.0. The highest BCUT2D eigenvalue weighted by Gasteiger charge is 2.21. The molecule has 258 valence electrons. The third-order valence-corrected chi connectivity index (χ3v) is 9.67. The summed E-state index contributed by atoms with van der Waals surface area (Å²) < 4.78 is 81.0. The molecule has 0 N–H and O–H groups in total. The van der Waals surface area contributed by atoms with Crippen molar-refractivity contribution in [2.24, 2.45) is 0 Å². The van der Waals surface area contributed by atoms with Gasteiger partial charge >= 0.3 is 0 Å². The summed E-state index contributed by atoms with van der Waals surface area (Å²) in [6, 6.07) is 44.6. The maximum atomic E-state index is 9.35. The standard InChI is InChI=1S/C51H34N4/c1-5-16-35(17-6-1)38-28-30-40(31-29-38)49-52-50(43-33-41(36-18-7-2-8-19-36)32-42(34-43)37-20-9-3-10-21-37)54-51(53-49)55-47-27-14-13-24-45(47)46-26-15-25-44(48(46)55)39-22-11-4-12-23-39/h1-34H/i4D,11D,12D,13D,14D,22D,23D,24D,27D. The van der Waals surface area contributed by atoms with E-state index in [0.29, 0.717) is 16.5 Å². The van der Waals surface area contributed by atoms with Gasteiger partial charge in [-0.3, -0.25) is 4.57 Å². The molecule has 0 unspecified atom stereocenters. The lowest BCUT2D eigenvalue weighted by molar-refractivity contribution is 0.954. The Morgan fingerprint density at radius 3 is 1.51 bits per heavy atom. The van der Waals surface area contributed by atoms with Crippen LogP contribution in [0.2, 0.25) is 0 Å². The second kappa shape index (κ2) is 13.8. The zero-order valence-corrected chi connectivity index (χ0v) is 29.2. The molecule has 0 bridgehead atoms. The maximum absolute atomic E-state index is 9.35. The van der Waals surface area contributed by atoms with Crippen LogP contribution in [-0.2, 0) is 0 Å². The Labute approximate surface area is 332 Å². The fourth-order valence-electron chi connectivity index (χ4n) is 7.07. The Morgan fingerprint density at radius 1 is 0.364 bits per heavy atom.